The largest absolute Gasteiger partial charge is 0.354 e. The molecule has 0 saturated heterocycles. The summed E-state index contributed by atoms with van der Waals surface area (Å²) in [5.41, 5.74) is 22.8. The molecule has 10 aromatic rings. The molecule has 0 fully saturated rings. The van der Waals surface area contributed by atoms with E-state index in [2.05, 4.69) is 182 Å². The molecule has 0 aliphatic heterocycles. The Kier molecular flexibility index (Phi) is 6.48. The maximum Gasteiger partial charge on any atom is 0.0553 e. The zero-order valence-corrected chi connectivity index (χ0v) is 29.7. The lowest BCUT2D eigenvalue weighted by molar-refractivity contribution is 1.26. The van der Waals surface area contributed by atoms with Crippen molar-refractivity contribution in [1.29, 1.82) is 0 Å². The van der Waals surface area contributed by atoms with Crippen LogP contribution in [0.2, 0.25) is 0 Å². The topological polar surface area (TPSA) is 31.6 Å². The number of rotatable bonds is 4. The number of aromatic nitrogens is 2. The van der Waals surface area contributed by atoms with Crippen LogP contribution in [0.25, 0.3) is 99.2 Å². The fourth-order valence-electron chi connectivity index (χ4n) is 9.38. The van der Waals surface area contributed by atoms with E-state index in [1.807, 2.05) is 0 Å². The lowest BCUT2D eigenvalue weighted by Crippen LogP contribution is -1.99. The van der Waals surface area contributed by atoms with E-state index >= 15 is 0 Å². The van der Waals surface area contributed by atoms with Gasteiger partial charge in [-0.1, -0.05) is 146 Å². The lowest BCUT2D eigenvalue weighted by Gasteiger charge is -2.23. The number of hydrogen-bond acceptors (Lipinski definition) is 0. The number of para-hydroxylation sites is 2. The van der Waals surface area contributed by atoms with Gasteiger partial charge < -0.3 is 9.97 Å². The Hall–Kier alpha value is -6.64. The molecule has 0 atom stereocenters. The molecule has 2 heterocycles. The van der Waals surface area contributed by atoms with Gasteiger partial charge in [-0.05, 0) is 99.2 Å². The Bertz CT molecular complexity index is 3100. The highest BCUT2D eigenvalue weighted by atomic mass is 14.7. The van der Waals surface area contributed by atoms with Gasteiger partial charge in [0.1, 0.15) is 0 Å². The Morgan fingerprint density at radius 1 is 0.377 bits per heavy atom. The highest BCUT2D eigenvalue weighted by Crippen LogP contribution is 2.52. The second-order valence-electron chi connectivity index (χ2n) is 14.6. The third kappa shape index (κ3) is 4.33. The van der Waals surface area contributed by atoms with Gasteiger partial charge in [0.25, 0.3) is 0 Å². The average Bonchev–Trinajstić information content (AvgIpc) is 3.91. The van der Waals surface area contributed by atoms with Crippen molar-refractivity contribution >= 4 is 43.6 Å². The number of aryl methyl sites for hydroxylation is 1. The molecule has 2 heteroatoms. The summed E-state index contributed by atoms with van der Waals surface area (Å²) in [6.45, 7) is 4.65. The smallest absolute Gasteiger partial charge is 0.0553 e. The molecule has 2 N–H and O–H groups in total. The normalized spacial score (nSPS) is 12.3. The highest BCUT2D eigenvalue weighted by Gasteiger charge is 2.28. The van der Waals surface area contributed by atoms with Gasteiger partial charge in [0.2, 0.25) is 0 Å². The zero-order chi connectivity index (χ0) is 35.2. The van der Waals surface area contributed by atoms with Crippen LogP contribution in [0.4, 0.5) is 0 Å². The molecule has 0 spiro atoms. The van der Waals surface area contributed by atoms with Gasteiger partial charge in [-0.25, -0.2) is 0 Å². The predicted molar refractivity (Wildman–Crippen MR) is 225 cm³/mol. The molecule has 8 aromatic carbocycles. The second kappa shape index (κ2) is 11.4. The van der Waals surface area contributed by atoms with Crippen molar-refractivity contribution in [2.75, 3.05) is 0 Å². The average molecular weight is 677 g/mol. The van der Waals surface area contributed by atoms with Crippen LogP contribution in [0.5, 0.6) is 0 Å². The summed E-state index contributed by atoms with van der Waals surface area (Å²) in [5, 5.41) is 5.04. The molecule has 0 unspecified atom stereocenters. The summed E-state index contributed by atoms with van der Waals surface area (Å²) in [7, 11) is 0. The SMILES string of the molecule is Cc1c(-c2cccc3c2Cc2ccccc2-3)c(-c2ccccc2-c2c(-c3ccccc3)ccc3c2[nH]c2ccccc23)c2[nH]c3ccccc3c2c1C. The first kappa shape index (κ1) is 30.0. The van der Waals surface area contributed by atoms with Crippen molar-refractivity contribution in [2.45, 2.75) is 20.3 Å². The van der Waals surface area contributed by atoms with Gasteiger partial charge in [-0.15, -0.1) is 0 Å². The second-order valence-corrected chi connectivity index (χ2v) is 14.6. The number of fused-ring (bicyclic) bond motifs is 9. The monoisotopic (exact) mass is 676 g/mol. The maximum atomic E-state index is 3.98. The molecule has 1 aliphatic carbocycles. The molecule has 0 amide bonds. The van der Waals surface area contributed by atoms with E-state index in [1.165, 1.54) is 105 Å². The van der Waals surface area contributed by atoms with Crippen molar-refractivity contribution in [3.63, 3.8) is 0 Å². The van der Waals surface area contributed by atoms with Crippen molar-refractivity contribution in [1.82, 2.24) is 9.97 Å². The molecule has 0 bridgehead atoms. The summed E-state index contributed by atoms with van der Waals surface area (Å²) >= 11 is 0. The summed E-state index contributed by atoms with van der Waals surface area (Å²) < 4.78 is 0. The van der Waals surface area contributed by atoms with E-state index < -0.39 is 0 Å². The van der Waals surface area contributed by atoms with Gasteiger partial charge >= 0.3 is 0 Å². The van der Waals surface area contributed by atoms with Crippen LogP contribution in [0.3, 0.4) is 0 Å². The summed E-state index contributed by atoms with van der Waals surface area (Å²) in [6.07, 6.45) is 0.929. The first-order valence-corrected chi connectivity index (χ1v) is 18.6. The van der Waals surface area contributed by atoms with E-state index in [0.717, 1.165) is 23.0 Å². The van der Waals surface area contributed by atoms with Crippen LogP contribution in [0, 0.1) is 13.8 Å². The van der Waals surface area contributed by atoms with Crippen LogP contribution < -0.4 is 0 Å². The molecule has 2 nitrogen and oxygen atoms in total. The molecular formula is C51H36N2. The Morgan fingerprint density at radius 2 is 0.981 bits per heavy atom. The fraction of sp³-hybridized carbons (Fsp3) is 0.0588. The quantitative estimate of drug-likeness (QED) is 0.186. The number of benzene rings is 8. The third-order valence-corrected chi connectivity index (χ3v) is 11.9. The first-order valence-electron chi connectivity index (χ1n) is 18.6. The fourth-order valence-corrected chi connectivity index (χ4v) is 9.38. The van der Waals surface area contributed by atoms with Gasteiger partial charge in [-0.2, -0.15) is 0 Å². The Balaban J connectivity index is 1.30. The van der Waals surface area contributed by atoms with E-state index in [-0.39, 0.29) is 0 Å². The van der Waals surface area contributed by atoms with Gasteiger partial charge in [0.15, 0.2) is 0 Å². The van der Waals surface area contributed by atoms with Gasteiger partial charge in [0, 0.05) is 43.7 Å². The number of hydrogen-bond donors (Lipinski definition) is 2. The minimum atomic E-state index is 0.929. The Labute approximate surface area is 308 Å². The van der Waals surface area contributed by atoms with E-state index in [9.17, 15) is 0 Å². The predicted octanol–water partition coefficient (Wildman–Crippen LogP) is 13.8. The van der Waals surface area contributed by atoms with E-state index in [0.29, 0.717) is 0 Å². The summed E-state index contributed by atoms with van der Waals surface area (Å²) in [4.78, 5) is 7.88. The highest BCUT2D eigenvalue weighted by molar-refractivity contribution is 6.21. The van der Waals surface area contributed by atoms with Crippen LogP contribution in [-0.2, 0) is 6.42 Å². The molecule has 1 aliphatic rings. The van der Waals surface area contributed by atoms with Crippen LogP contribution in [-0.4, -0.2) is 9.97 Å². The molecule has 250 valence electrons. The van der Waals surface area contributed by atoms with Gasteiger partial charge in [-0.3, -0.25) is 0 Å². The molecule has 2 aromatic heterocycles. The van der Waals surface area contributed by atoms with Gasteiger partial charge in [0.05, 0.1) is 11.0 Å². The molecule has 11 rings (SSSR count). The standard InChI is InChI=1S/C51H36N2/c1-30-31(2)47-42-22-11-13-26-45(42)53-51(47)49(46(30)40-24-14-23-36-34-18-7-6-17-33(34)29-43(36)40)39-21-9-8-20-38(39)48-35(32-15-4-3-5-16-32)27-28-41-37-19-10-12-25-44(37)52-50(41)48/h3-28,52-53H,29H2,1-2H3. The molecule has 0 radical (unpaired) electrons. The van der Waals surface area contributed by atoms with Crippen LogP contribution >= 0.6 is 0 Å². The zero-order valence-electron chi connectivity index (χ0n) is 29.7. The van der Waals surface area contributed by atoms with E-state index in [1.54, 1.807) is 0 Å². The minimum Gasteiger partial charge on any atom is -0.354 e. The summed E-state index contributed by atoms with van der Waals surface area (Å²) in [5.74, 6) is 0. The van der Waals surface area contributed by atoms with Crippen molar-refractivity contribution < 1.29 is 0 Å². The number of H-pyrrole nitrogens is 2. The lowest BCUT2D eigenvalue weighted by atomic mass is 9.80. The third-order valence-electron chi connectivity index (χ3n) is 11.9. The number of nitrogens with one attached hydrogen (secondary N) is 2. The Morgan fingerprint density at radius 3 is 1.79 bits per heavy atom. The first-order chi connectivity index (χ1) is 26.2. The minimum absolute atomic E-state index is 0.929. The van der Waals surface area contributed by atoms with Crippen molar-refractivity contribution in [3.8, 4) is 55.6 Å². The summed E-state index contributed by atoms with van der Waals surface area (Å²) in [6, 6.07) is 57.9. The molecule has 0 saturated carbocycles. The number of aromatic amines is 2. The van der Waals surface area contributed by atoms with Crippen LogP contribution in [0.1, 0.15) is 22.3 Å². The van der Waals surface area contributed by atoms with E-state index in [4.69, 9.17) is 0 Å². The van der Waals surface area contributed by atoms with Crippen molar-refractivity contribution in [2.24, 2.45) is 0 Å². The molecular weight excluding hydrogens is 641 g/mol. The maximum absolute atomic E-state index is 3.98. The van der Waals surface area contributed by atoms with Crippen LogP contribution in [0.15, 0.2) is 158 Å². The molecule has 53 heavy (non-hydrogen) atoms. The van der Waals surface area contributed by atoms with Crippen molar-refractivity contribution in [3.05, 3.63) is 180 Å².